The number of anilines is 5. The third kappa shape index (κ3) is 7.22. The monoisotopic (exact) mass is 681 g/mol. The van der Waals surface area contributed by atoms with Crippen molar-refractivity contribution in [3.63, 3.8) is 0 Å². The first-order valence-corrected chi connectivity index (χ1v) is 17.7. The minimum Gasteiger partial charge on any atom is -0.381 e. The number of pyridine rings is 1. The molecular formula is C36H47N11O3. The smallest absolute Gasteiger partial charge is 0.328 e. The van der Waals surface area contributed by atoms with Crippen molar-refractivity contribution in [3.8, 4) is 0 Å². The van der Waals surface area contributed by atoms with Gasteiger partial charge in [0.2, 0.25) is 11.9 Å². The summed E-state index contributed by atoms with van der Waals surface area (Å²) in [5, 5.41) is 12.0. The molecule has 3 saturated heterocycles. The van der Waals surface area contributed by atoms with Crippen LogP contribution in [0.1, 0.15) is 57.6 Å². The third-order valence-electron chi connectivity index (χ3n) is 10.1. The average Bonchev–Trinajstić information content (AvgIpc) is 3.52. The van der Waals surface area contributed by atoms with E-state index in [4.69, 9.17) is 19.8 Å². The number of nitrogens with zero attached hydrogens (tertiary/aromatic N) is 9. The molecule has 3 amide bonds. The summed E-state index contributed by atoms with van der Waals surface area (Å²) in [6.45, 7) is 9.10. The molecule has 264 valence electrons. The van der Waals surface area contributed by atoms with E-state index in [0.29, 0.717) is 30.9 Å². The molecule has 50 heavy (non-hydrogen) atoms. The molecule has 2 N–H and O–H groups in total. The summed E-state index contributed by atoms with van der Waals surface area (Å²) in [6, 6.07) is 12.3. The number of carbonyl (C=O) groups is 2. The van der Waals surface area contributed by atoms with Gasteiger partial charge in [-0.2, -0.15) is 10.1 Å². The van der Waals surface area contributed by atoms with Crippen molar-refractivity contribution in [3.05, 3.63) is 54.4 Å². The highest BCUT2D eigenvalue weighted by atomic mass is 16.5. The summed E-state index contributed by atoms with van der Waals surface area (Å²) in [4.78, 5) is 46.5. The van der Waals surface area contributed by atoms with Gasteiger partial charge in [0.1, 0.15) is 11.6 Å². The summed E-state index contributed by atoms with van der Waals surface area (Å²) in [7, 11) is 3.96. The fourth-order valence-corrected chi connectivity index (χ4v) is 7.23. The number of methoxy groups -OCH3 is 1. The number of piperidine rings is 2. The summed E-state index contributed by atoms with van der Waals surface area (Å²) in [5.74, 6) is 2.90. The van der Waals surface area contributed by atoms with Crippen LogP contribution in [0.2, 0.25) is 0 Å². The normalized spacial score (nSPS) is 18.1. The van der Waals surface area contributed by atoms with Crippen molar-refractivity contribution in [2.45, 2.75) is 70.7 Å². The highest BCUT2D eigenvalue weighted by molar-refractivity contribution is 6.05. The zero-order valence-electron chi connectivity index (χ0n) is 29.4. The highest BCUT2D eigenvalue weighted by Gasteiger charge is 2.28. The van der Waals surface area contributed by atoms with Gasteiger partial charge in [0.25, 0.3) is 0 Å². The van der Waals surface area contributed by atoms with E-state index in [1.54, 1.807) is 18.2 Å². The molecule has 0 bridgehead atoms. The molecule has 0 atom stereocenters. The second-order valence-corrected chi connectivity index (χ2v) is 13.8. The van der Waals surface area contributed by atoms with E-state index in [9.17, 15) is 9.59 Å². The van der Waals surface area contributed by atoms with Crippen LogP contribution in [0.3, 0.4) is 0 Å². The fourth-order valence-electron chi connectivity index (χ4n) is 7.23. The molecule has 14 heteroatoms. The van der Waals surface area contributed by atoms with E-state index in [1.165, 1.54) is 5.56 Å². The number of rotatable bonds is 10. The molecule has 4 aromatic rings. The molecule has 0 spiro atoms. The number of hydrogen-bond acceptors (Lipinski definition) is 11. The molecule has 7 rings (SSSR count). The van der Waals surface area contributed by atoms with E-state index < -0.39 is 0 Å². The lowest BCUT2D eigenvalue weighted by Gasteiger charge is -2.37. The van der Waals surface area contributed by atoms with E-state index in [1.807, 2.05) is 24.4 Å². The third-order valence-corrected chi connectivity index (χ3v) is 10.1. The van der Waals surface area contributed by atoms with Gasteiger partial charge in [0, 0.05) is 89.0 Å². The minimum atomic E-state index is -0.359. The van der Waals surface area contributed by atoms with Crippen LogP contribution in [0, 0.1) is 0 Å². The Bertz CT molecular complexity index is 1810. The lowest BCUT2D eigenvalue weighted by molar-refractivity contribution is -0.120. The molecule has 3 aliphatic rings. The van der Waals surface area contributed by atoms with Gasteiger partial charge in [-0.05, 0) is 70.3 Å². The predicted molar refractivity (Wildman–Crippen MR) is 194 cm³/mol. The molecule has 1 aromatic carbocycles. The molecule has 3 fully saturated rings. The molecule has 3 aliphatic heterocycles. The first-order valence-electron chi connectivity index (χ1n) is 17.7. The molecule has 6 heterocycles. The average molecular weight is 682 g/mol. The maximum atomic E-state index is 12.2. The fraction of sp³-hybridized carbons (Fsp3) is 0.500. The molecule has 0 radical (unpaired) electrons. The van der Waals surface area contributed by atoms with Gasteiger partial charge in [-0.25, -0.2) is 14.8 Å². The Labute approximate surface area is 292 Å². The number of aromatic nitrogens is 5. The molecule has 0 aliphatic carbocycles. The zero-order valence-corrected chi connectivity index (χ0v) is 29.4. The first kappa shape index (κ1) is 33.7. The number of fused-ring (bicyclic) bond motifs is 1. The zero-order chi connectivity index (χ0) is 34.8. The molecule has 14 nitrogen and oxygen atoms in total. The molecule has 3 aromatic heterocycles. The van der Waals surface area contributed by atoms with E-state index in [-0.39, 0.29) is 18.0 Å². The van der Waals surface area contributed by atoms with Gasteiger partial charge in [-0.15, -0.1) is 0 Å². The topological polar surface area (TPSA) is 137 Å². The number of benzene rings is 1. The predicted octanol–water partition coefficient (Wildman–Crippen LogP) is 4.71. The minimum absolute atomic E-state index is 0.184. The Morgan fingerprint density at radius 3 is 2.40 bits per heavy atom. The Hall–Kier alpha value is -4.82. The second kappa shape index (κ2) is 14.6. The standard InChI is InChI=1S/C36H47N11O3/c1-24(2)47-30-21-32(39-31-9-15-37-35(40-31)45-18-12-28(50-4)13-19-45)38-22-29(30)34(42-47)44-16-10-26(11-17-44)43(3)23-25-5-7-27(8-6-25)46-20-14-33(48)41-36(46)49/h5-9,15,21-22,24,26,28H,10-14,16-20,23H2,1-4H3,(H,41,48,49)(H,37,38,39,40). The Morgan fingerprint density at radius 2 is 1.70 bits per heavy atom. The van der Waals surface area contributed by atoms with Crippen molar-refractivity contribution >= 4 is 51.9 Å². The van der Waals surface area contributed by atoms with Crippen molar-refractivity contribution in [1.29, 1.82) is 0 Å². The first-order chi connectivity index (χ1) is 24.2. The van der Waals surface area contributed by atoms with Crippen LogP contribution in [0.4, 0.5) is 33.9 Å². The van der Waals surface area contributed by atoms with Crippen LogP contribution in [0.5, 0.6) is 0 Å². The number of hydrogen-bond donors (Lipinski definition) is 2. The lowest BCUT2D eigenvalue weighted by atomic mass is 10.0. The number of carbonyl (C=O) groups excluding carboxylic acids is 2. The quantitative estimate of drug-likeness (QED) is 0.241. The largest absolute Gasteiger partial charge is 0.381 e. The van der Waals surface area contributed by atoms with Crippen LogP contribution < -0.4 is 25.3 Å². The number of ether oxygens (including phenoxy) is 1. The van der Waals surface area contributed by atoms with E-state index in [2.05, 4.69) is 74.1 Å². The lowest BCUT2D eigenvalue weighted by Crippen LogP contribution is -2.49. The van der Waals surface area contributed by atoms with Crippen molar-refractivity contribution in [2.75, 3.05) is 66.9 Å². The second-order valence-electron chi connectivity index (χ2n) is 13.8. The van der Waals surface area contributed by atoms with Crippen molar-refractivity contribution < 1.29 is 14.3 Å². The van der Waals surface area contributed by atoms with Gasteiger partial charge >= 0.3 is 6.03 Å². The van der Waals surface area contributed by atoms with Crippen LogP contribution >= 0.6 is 0 Å². The highest BCUT2D eigenvalue weighted by Crippen LogP contribution is 2.32. The summed E-state index contributed by atoms with van der Waals surface area (Å²) in [5.41, 5.74) is 3.03. The Kier molecular flexibility index (Phi) is 9.81. The number of imide groups is 1. The van der Waals surface area contributed by atoms with Crippen LogP contribution in [0.25, 0.3) is 10.9 Å². The van der Waals surface area contributed by atoms with Crippen molar-refractivity contribution in [1.82, 2.24) is 34.9 Å². The van der Waals surface area contributed by atoms with Gasteiger partial charge in [-0.1, -0.05) is 12.1 Å². The van der Waals surface area contributed by atoms with Crippen LogP contribution in [-0.4, -0.2) is 101 Å². The summed E-state index contributed by atoms with van der Waals surface area (Å²) < 4.78 is 7.61. The van der Waals surface area contributed by atoms with Crippen LogP contribution in [0.15, 0.2) is 48.8 Å². The molecule has 0 unspecified atom stereocenters. The van der Waals surface area contributed by atoms with Crippen molar-refractivity contribution in [2.24, 2.45) is 0 Å². The summed E-state index contributed by atoms with van der Waals surface area (Å²) >= 11 is 0. The van der Waals surface area contributed by atoms with Gasteiger partial charge in [0.05, 0.1) is 17.0 Å². The van der Waals surface area contributed by atoms with Crippen LogP contribution in [-0.2, 0) is 16.1 Å². The SMILES string of the molecule is COC1CCN(c2nccc(Nc3cc4c(cn3)c(N3CCC(N(C)Cc5ccc(N6CCC(=O)NC6=O)cc5)CC3)nn4C(C)C)n2)CC1. The van der Waals surface area contributed by atoms with Gasteiger partial charge in [-0.3, -0.25) is 24.6 Å². The number of nitrogens with one attached hydrogen (secondary N) is 2. The number of urea groups is 1. The number of amides is 3. The Balaban J connectivity index is 0.984. The van der Waals surface area contributed by atoms with E-state index >= 15 is 0 Å². The Morgan fingerprint density at radius 1 is 0.960 bits per heavy atom. The van der Waals surface area contributed by atoms with E-state index in [0.717, 1.165) is 92.6 Å². The molecular weight excluding hydrogens is 634 g/mol. The maximum Gasteiger partial charge on any atom is 0.328 e. The van der Waals surface area contributed by atoms with Gasteiger partial charge in [0.15, 0.2) is 5.82 Å². The maximum absolute atomic E-state index is 12.2. The molecule has 0 saturated carbocycles. The van der Waals surface area contributed by atoms with Gasteiger partial charge < -0.3 is 19.9 Å². The summed E-state index contributed by atoms with van der Waals surface area (Å²) in [6.07, 6.45) is 8.33.